The second-order valence-electron chi connectivity index (χ2n) is 1.81. The summed E-state index contributed by atoms with van der Waals surface area (Å²) in [6, 6.07) is 10.8. The molecule has 3 radical (unpaired) electrons. The Balaban J connectivity index is -0.000000213. The minimum Gasteiger partial charge on any atom is -0.542 e. The molecule has 0 aliphatic heterocycles. The topological polar surface area (TPSA) is 0 Å². The molecule has 1 aromatic rings. The Morgan fingerprint density at radius 1 is 0.909 bits per heavy atom. The molecular formula is C8H7Y3-3. The van der Waals surface area contributed by atoms with Crippen LogP contribution in [0.15, 0.2) is 6.07 Å². The molecule has 0 unspecified atom stereocenters. The second-order valence-corrected chi connectivity index (χ2v) is 1.81. The Hall–Kier alpha value is 2.53. The summed E-state index contributed by atoms with van der Waals surface area (Å²) in [5, 5.41) is 0. The average Bonchev–Trinajstić information content (AvgIpc) is 1.64. The van der Waals surface area contributed by atoms with Crippen LogP contribution in [0.3, 0.4) is 0 Å². The number of benzene rings is 1. The smallest absolute Gasteiger partial charge is 0 e. The predicted molar refractivity (Wildman–Crippen MR) is 32.4 cm³/mol. The molecule has 11 heavy (non-hydrogen) atoms. The normalized spacial score (nSPS) is 6.73. The van der Waals surface area contributed by atoms with Crippen molar-refractivity contribution < 1.29 is 98.1 Å². The zero-order chi connectivity index (χ0) is 5.98. The van der Waals surface area contributed by atoms with Crippen molar-refractivity contribution in [3.8, 4) is 0 Å². The van der Waals surface area contributed by atoms with Gasteiger partial charge in [0.15, 0.2) is 0 Å². The van der Waals surface area contributed by atoms with Crippen LogP contribution >= 0.6 is 0 Å². The fraction of sp³-hybridized carbons (Fsp3) is 0.250. The van der Waals surface area contributed by atoms with Gasteiger partial charge in [0.05, 0.1) is 0 Å². The minimum atomic E-state index is 0. The summed E-state index contributed by atoms with van der Waals surface area (Å²) < 4.78 is 0. The molecule has 0 aromatic heterocycles. The summed E-state index contributed by atoms with van der Waals surface area (Å²) in [6.07, 6.45) is 0. The summed E-state index contributed by atoms with van der Waals surface area (Å²) in [7, 11) is 0. The van der Waals surface area contributed by atoms with E-state index in [0.717, 1.165) is 11.1 Å². The van der Waals surface area contributed by atoms with Crippen LogP contribution in [0.2, 0.25) is 0 Å². The van der Waals surface area contributed by atoms with Crippen LogP contribution in [-0.2, 0) is 98.1 Å². The van der Waals surface area contributed by atoms with Gasteiger partial charge >= 0.3 is 0 Å². The molecule has 0 aliphatic carbocycles. The average molecular weight is 370 g/mol. The molecule has 0 amide bonds. The number of rotatable bonds is 0. The Kier molecular flexibility index (Phi) is 18.5. The zero-order valence-electron chi connectivity index (χ0n) is 6.81. The molecule has 1 aromatic carbocycles. The first-order valence-corrected chi connectivity index (χ1v) is 2.58. The molecule has 0 N–H and O–H groups in total. The van der Waals surface area contributed by atoms with Crippen LogP contribution in [0.4, 0.5) is 0 Å². The van der Waals surface area contributed by atoms with Crippen molar-refractivity contribution in [3.05, 3.63) is 35.4 Å². The zero-order valence-corrected chi connectivity index (χ0v) is 15.3. The molecule has 0 bridgehead atoms. The first kappa shape index (κ1) is 19.2. The third-order valence-electron chi connectivity index (χ3n) is 0.952. The maximum Gasteiger partial charge on any atom is 0 e. The van der Waals surface area contributed by atoms with Crippen LogP contribution in [0.1, 0.15) is 11.1 Å². The number of aryl methyl sites for hydroxylation is 2. The summed E-state index contributed by atoms with van der Waals surface area (Å²) in [6.45, 7) is 3.95. The van der Waals surface area contributed by atoms with E-state index in [4.69, 9.17) is 0 Å². The van der Waals surface area contributed by atoms with Crippen LogP contribution < -0.4 is 0 Å². The molecular weight excluding hydrogens is 363 g/mol. The van der Waals surface area contributed by atoms with Gasteiger partial charge in [-0.1, -0.05) is 0 Å². The van der Waals surface area contributed by atoms with Crippen LogP contribution in [-0.4, -0.2) is 0 Å². The molecule has 0 spiro atoms. The van der Waals surface area contributed by atoms with Gasteiger partial charge in [-0.05, 0) is 0 Å². The van der Waals surface area contributed by atoms with Gasteiger partial charge in [-0.25, -0.2) is 0 Å². The van der Waals surface area contributed by atoms with E-state index in [0.29, 0.717) is 0 Å². The predicted octanol–water partition coefficient (Wildman–Crippen LogP) is 1.70. The molecule has 1 rings (SSSR count). The van der Waals surface area contributed by atoms with E-state index in [1.807, 2.05) is 13.8 Å². The van der Waals surface area contributed by atoms with Crippen molar-refractivity contribution in [3.63, 3.8) is 0 Å². The fourth-order valence-corrected chi connectivity index (χ4v) is 0.606. The van der Waals surface area contributed by atoms with E-state index in [9.17, 15) is 0 Å². The molecule has 0 saturated heterocycles. The SMILES string of the molecule is Cc1[c-]c[c-]c(C)[c-]1.[Y].[Y].[Y]. The molecule has 0 nitrogen and oxygen atoms in total. The third-order valence-corrected chi connectivity index (χ3v) is 0.952. The van der Waals surface area contributed by atoms with Gasteiger partial charge in [0.1, 0.15) is 0 Å². The van der Waals surface area contributed by atoms with Gasteiger partial charge in [0.2, 0.25) is 0 Å². The van der Waals surface area contributed by atoms with E-state index in [-0.39, 0.29) is 98.1 Å². The van der Waals surface area contributed by atoms with Crippen molar-refractivity contribution in [2.24, 2.45) is 0 Å². The Morgan fingerprint density at radius 2 is 1.27 bits per heavy atom. The van der Waals surface area contributed by atoms with Crippen molar-refractivity contribution in [2.45, 2.75) is 13.8 Å². The van der Waals surface area contributed by atoms with Gasteiger partial charge in [-0.2, -0.15) is 0 Å². The van der Waals surface area contributed by atoms with Crippen LogP contribution in [0, 0.1) is 32.0 Å². The Bertz CT molecular complexity index is 169. The molecule has 0 fully saturated rings. The van der Waals surface area contributed by atoms with Gasteiger partial charge in [-0.15, -0.1) is 13.8 Å². The summed E-state index contributed by atoms with van der Waals surface area (Å²) in [5.74, 6) is 0. The van der Waals surface area contributed by atoms with E-state index in [1.54, 1.807) is 6.07 Å². The van der Waals surface area contributed by atoms with Crippen LogP contribution in [0.5, 0.6) is 0 Å². The first-order chi connectivity index (χ1) is 3.79. The van der Waals surface area contributed by atoms with E-state index < -0.39 is 0 Å². The number of hydrogen-bond donors (Lipinski definition) is 0. The maximum atomic E-state index is 3.06. The minimum absolute atomic E-state index is 0. The van der Waals surface area contributed by atoms with E-state index >= 15 is 0 Å². The van der Waals surface area contributed by atoms with Crippen molar-refractivity contribution in [1.82, 2.24) is 0 Å². The molecule has 0 heterocycles. The molecule has 3 heteroatoms. The third kappa shape index (κ3) is 8.85. The Morgan fingerprint density at radius 3 is 1.45 bits per heavy atom. The van der Waals surface area contributed by atoms with E-state index in [1.165, 1.54) is 0 Å². The summed E-state index contributed by atoms with van der Waals surface area (Å²) in [4.78, 5) is 0. The monoisotopic (exact) mass is 370 g/mol. The number of hydrogen-bond acceptors (Lipinski definition) is 0. The molecule has 0 aliphatic rings. The summed E-state index contributed by atoms with van der Waals surface area (Å²) in [5.41, 5.74) is 2.11. The largest absolute Gasteiger partial charge is 0.542 e. The van der Waals surface area contributed by atoms with Crippen molar-refractivity contribution in [1.29, 1.82) is 0 Å². The molecule has 0 atom stereocenters. The molecule has 51 valence electrons. The fourth-order valence-electron chi connectivity index (χ4n) is 0.606. The van der Waals surface area contributed by atoms with Crippen molar-refractivity contribution in [2.75, 3.05) is 0 Å². The van der Waals surface area contributed by atoms with Gasteiger partial charge in [-0.3, -0.25) is 0 Å². The standard InChI is InChI=1S/C8H7.3Y/c1-7-4-3-5-8(2)6-7;;;/h3H,1-2H3;;;/q-3;;;. The van der Waals surface area contributed by atoms with Gasteiger partial charge in [0.25, 0.3) is 0 Å². The quantitative estimate of drug-likeness (QED) is 0.611. The van der Waals surface area contributed by atoms with Crippen molar-refractivity contribution >= 4 is 0 Å². The van der Waals surface area contributed by atoms with Gasteiger partial charge in [0, 0.05) is 98.1 Å². The summed E-state index contributed by atoms with van der Waals surface area (Å²) >= 11 is 0. The van der Waals surface area contributed by atoms with Crippen LogP contribution in [0.25, 0.3) is 0 Å². The maximum absolute atomic E-state index is 3.06. The van der Waals surface area contributed by atoms with E-state index in [2.05, 4.69) is 18.2 Å². The first-order valence-electron chi connectivity index (χ1n) is 2.58. The molecule has 0 saturated carbocycles. The Labute approximate surface area is 144 Å². The van der Waals surface area contributed by atoms with Gasteiger partial charge < -0.3 is 35.4 Å². The second kappa shape index (κ2) is 10.6.